The van der Waals surface area contributed by atoms with Gasteiger partial charge in [0, 0.05) is 13.6 Å². The van der Waals surface area contributed by atoms with Crippen molar-refractivity contribution < 1.29 is 14.6 Å². The van der Waals surface area contributed by atoms with Crippen molar-refractivity contribution in [2.45, 2.75) is 26.5 Å². The lowest BCUT2D eigenvalue weighted by Crippen LogP contribution is -2.08. The van der Waals surface area contributed by atoms with Crippen molar-refractivity contribution in [3.63, 3.8) is 0 Å². The summed E-state index contributed by atoms with van der Waals surface area (Å²) < 4.78 is 8.83. The fraction of sp³-hybridized carbons (Fsp3) is 0.417. The maximum absolute atomic E-state index is 11.0. The zero-order valence-corrected chi connectivity index (χ0v) is 10.9. The number of aromatic nitrogens is 4. The predicted molar refractivity (Wildman–Crippen MR) is 67.0 cm³/mol. The van der Waals surface area contributed by atoms with Crippen molar-refractivity contribution in [2.75, 3.05) is 0 Å². The number of carbonyl (C=O) groups is 1. The number of carboxylic acid groups (broad SMARTS) is 1. The number of ether oxygens (including phenoxy) is 1. The number of carboxylic acids is 1. The van der Waals surface area contributed by atoms with Gasteiger partial charge in [-0.3, -0.25) is 9.36 Å². The van der Waals surface area contributed by atoms with E-state index in [1.54, 1.807) is 24.1 Å². The number of nitrogens with zero attached hydrogens (tertiary/aromatic N) is 4. The molecule has 0 saturated carbocycles. The van der Waals surface area contributed by atoms with Gasteiger partial charge in [0.05, 0.1) is 24.3 Å². The molecule has 0 fully saturated rings. The molecule has 0 aliphatic rings. The van der Waals surface area contributed by atoms with Gasteiger partial charge in [0.2, 0.25) is 0 Å². The maximum atomic E-state index is 11.0. The normalized spacial score (nSPS) is 10.6. The molecule has 0 amide bonds. The molecule has 0 aliphatic carbocycles. The van der Waals surface area contributed by atoms with Crippen LogP contribution in [0.25, 0.3) is 0 Å². The molecule has 7 nitrogen and oxygen atoms in total. The van der Waals surface area contributed by atoms with Crippen LogP contribution in [0.5, 0.6) is 5.75 Å². The summed E-state index contributed by atoms with van der Waals surface area (Å²) in [5.74, 6) is -0.389. The fourth-order valence-electron chi connectivity index (χ4n) is 1.73. The highest BCUT2D eigenvalue weighted by Crippen LogP contribution is 2.14. The zero-order valence-electron chi connectivity index (χ0n) is 10.9. The Hall–Kier alpha value is -2.31. The van der Waals surface area contributed by atoms with Gasteiger partial charge in [0.15, 0.2) is 5.75 Å². The Kier molecular flexibility index (Phi) is 3.84. The van der Waals surface area contributed by atoms with Crippen LogP contribution in [-0.2, 0) is 20.2 Å². The molecule has 0 unspecified atom stereocenters. The van der Waals surface area contributed by atoms with E-state index in [2.05, 4.69) is 17.1 Å². The minimum atomic E-state index is -1.01. The number of aryl methyl sites for hydroxylation is 2. The molecule has 2 aromatic heterocycles. The molecule has 0 saturated heterocycles. The summed E-state index contributed by atoms with van der Waals surface area (Å²) >= 11 is 0. The molecule has 0 bridgehead atoms. The quantitative estimate of drug-likeness (QED) is 0.850. The third-order valence-electron chi connectivity index (χ3n) is 2.73. The third-order valence-corrected chi connectivity index (χ3v) is 2.73. The van der Waals surface area contributed by atoms with E-state index in [0.29, 0.717) is 11.4 Å². The van der Waals surface area contributed by atoms with Crippen molar-refractivity contribution in [3.8, 4) is 5.75 Å². The van der Waals surface area contributed by atoms with Gasteiger partial charge in [-0.15, -0.1) is 0 Å². The molecular formula is C12H16N4O3. The minimum Gasteiger partial charge on any atom is -0.484 e. The molecule has 2 aromatic rings. The van der Waals surface area contributed by atoms with E-state index >= 15 is 0 Å². The van der Waals surface area contributed by atoms with Gasteiger partial charge in [-0.25, -0.2) is 4.79 Å². The topological polar surface area (TPSA) is 82.2 Å². The Labute approximate surface area is 110 Å². The zero-order chi connectivity index (χ0) is 13.8. The second-order valence-corrected chi connectivity index (χ2v) is 4.16. The van der Waals surface area contributed by atoms with E-state index in [4.69, 9.17) is 9.84 Å². The first-order valence-electron chi connectivity index (χ1n) is 6.01. The molecule has 0 spiro atoms. The molecule has 0 aromatic carbocycles. The highest BCUT2D eigenvalue weighted by Gasteiger charge is 2.15. The summed E-state index contributed by atoms with van der Waals surface area (Å²) in [6.07, 6.45) is 5.72. The Balaban J connectivity index is 2.05. The summed E-state index contributed by atoms with van der Waals surface area (Å²) in [4.78, 5) is 11.0. The summed E-state index contributed by atoms with van der Waals surface area (Å²) in [7, 11) is 1.69. The lowest BCUT2D eigenvalue weighted by molar-refractivity contribution is 0.0693. The molecule has 0 atom stereocenters. The van der Waals surface area contributed by atoms with E-state index in [0.717, 1.165) is 13.0 Å². The Bertz CT molecular complexity index is 573. The Morgan fingerprint density at radius 3 is 2.89 bits per heavy atom. The Morgan fingerprint density at radius 1 is 1.42 bits per heavy atom. The van der Waals surface area contributed by atoms with Gasteiger partial charge in [-0.1, -0.05) is 6.92 Å². The summed E-state index contributed by atoms with van der Waals surface area (Å²) in [6, 6.07) is 0. The number of hydrogen-bond acceptors (Lipinski definition) is 4. The van der Waals surface area contributed by atoms with Crippen LogP contribution in [0, 0.1) is 0 Å². The molecule has 0 radical (unpaired) electrons. The van der Waals surface area contributed by atoms with E-state index in [1.165, 1.54) is 10.9 Å². The minimum absolute atomic E-state index is 0.149. The first kappa shape index (κ1) is 13.1. The van der Waals surface area contributed by atoms with Gasteiger partial charge in [-0.05, 0) is 6.42 Å². The van der Waals surface area contributed by atoms with Crippen molar-refractivity contribution >= 4 is 5.97 Å². The van der Waals surface area contributed by atoms with Gasteiger partial charge in [0.1, 0.15) is 12.2 Å². The van der Waals surface area contributed by atoms with Crippen LogP contribution in [0.4, 0.5) is 0 Å². The molecule has 19 heavy (non-hydrogen) atoms. The first-order chi connectivity index (χ1) is 9.11. The van der Waals surface area contributed by atoms with Crippen LogP contribution in [0.2, 0.25) is 0 Å². The largest absolute Gasteiger partial charge is 0.484 e. The predicted octanol–water partition coefficient (Wildman–Crippen LogP) is 1.30. The Morgan fingerprint density at radius 2 is 2.21 bits per heavy atom. The molecule has 102 valence electrons. The SMILES string of the molecule is CCCn1cc(OCc2c(C(=O)O)cnn2C)cn1. The average Bonchev–Trinajstić information content (AvgIpc) is 2.94. The highest BCUT2D eigenvalue weighted by atomic mass is 16.5. The van der Waals surface area contributed by atoms with Crippen LogP contribution in [0.1, 0.15) is 29.4 Å². The van der Waals surface area contributed by atoms with Crippen LogP contribution >= 0.6 is 0 Å². The van der Waals surface area contributed by atoms with Gasteiger partial charge >= 0.3 is 5.97 Å². The second-order valence-electron chi connectivity index (χ2n) is 4.16. The summed E-state index contributed by atoms with van der Waals surface area (Å²) in [5, 5.41) is 17.1. The fourth-order valence-corrected chi connectivity index (χ4v) is 1.73. The second kappa shape index (κ2) is 5.55. The molecular weight excluding hydrogens is 248 g/mol. The van der Waals surface area contributed by atoms with Crippen LogP contribution < -0.4 is 4.74 Å². The van der Waals surface area contributed by atoms with Gasteiger partial charge in [-0.2, -0.15) is 10.2 Å². The molecule has 1 N–H and O–H groups in total. The lowest BCUT2D eigenvalue weighted by atomic mass is 10.2. The lowest BCUT2D eigenvalue weighted by Gasteiger charge is -2.05. The molecule has 0 aliphatic heterocycles. The maximum Gasteiger partial charge on any atom is 0.339 e. The standard InChI is InChI=1S/C12H16N4O3/c1-3-4-16-7-9(5-14-16)19-8-11-10(12(17)18)6-13-15(11)2/h5-7H,3-4,8H2,1-2H3,(H,17,18). The third kappa shape index (κ3) is 2.93. The molecule has 2 heterocycles. The van der Waals surface area contributed by atoms with E-state index in [-0.39, 0.29) is 12.2 Å². The van der Waals surface area contributed by atoms with Crippen LogP contribution in [0.3, 0.4) is 0 Å². The van der Waals surface area contributed by atoms with Gasteiger partial charge in [0.25, 0.3) is 0 Å². The molecule has 2 rings (SSSR count). The van der Waals surface area contributed by atoms with E-state index in [1.807, 2.05) is 0 Å². The smallest absolute Gasteiger partial charge is 0.339 e. The highest BCUT2D eigenvalue weighted by molar-refractivity contribution is 5.88. The van der Waals surface area contributed by atoms with E-state index in [9.17, 15) is 4.79 Å². The average molecular weight is 264 g/mol. The van der Waals surface area contributed by atoms with Crippen molar-refractivity contribution in [3.05, 3.63) is 29.8 Å². The summed E-state index contributed by atoms with van der Waals surface area (Å²) in [5.41, 5.74) is 0.680. The van der Waals surface area contributed by atoms with Crippen LogP contribution in [-0.4, -0.2) is 30.6 Å². The van der Waals surface area contributed by atoms with Gasteiger partial charge < -0.3 is 9.84 Å². The summed E-state index contributed by atoms with van der Waals surface area (Å²) in [6.45, 7) is 3.04. The van der Waals surface area contributed by atoms with Crippen LogP contribution in [0.15, 0.2) is 18.6 Å². The number of aromatic carboxylic acids is 1. The number of hydrogen-bond donors (Lipinski definition) is 1. The van der Waals surface area contributed by atoms with Crippen molar-refractivity contribution in [1.29, 1.82) is 0 Å². The monoisotopic (exact) mass is 264 g/mol. The van der Waals surface area contributed by atoms with Crippen molar-refractivity contribution in [2.24, 2.45) is 7.05 Å². The molecule has 7 heteroatoms. The van der Waals surface area contributed by atoms with E-state index < -0.39 is 5.97 Å². The first-order valence-corrected chi connectivity index (χ1v) is 6.01. The van der Waals surface area contributed by atoms with Crippen molar-refractivity contribution in [1.82, 2.24) is 19.6 Å². The number of rotatable bonds is 6.